The van der Waals surface area contributed by atoms with Crippen LogP contribution in [-0.4, -0.2) is 31.3 Å². The molecule has 0 bridgehead atoms. The van der Waals surface area contributed by atoms with E-state index in [0.29, 0.717) is 0 Å². The van der Waals surface area contributed by atoms with Gasteiger partial charge in [0.15, 0.2) is 0 Å². The summed E-state index contributed by atoms with van der Waals surface area (Å²) in [5.41, 5.74) is 0.332. The van der Waals surface area contributed by atoms with E-state index in [2.05, 4.69) is 10.6 Å². The normalized spacial score (nSPS) is 12.2. The minimum atomic E-state index is -0.614. The average molecular weight is 308 g/mol. The van der Waals surface area contributed by atoms with Gasteiger partial charge in [0.25, 0.3) is 0 Å². The predicted molar refractivity (Wildman–Crippen MR) is 83.8 cm³/mol. The first-order valence-corrected chi connectivity index (χ1v) is 7.11. The zero-order valence-electron chi connectivity index (χ0n) is 13.7. The third-order valence-corrected chi connectivity index (χ3v) is 2.76. The van der Waals surface area contributed by atoms with Gasteiger partial charge in [0.05, 0.1) is 13.2 Å². The van der Waals surface area contributed by atoms with Crippen LogP contribution in [0.2, 0.25) is 0 Å². The van der Waals surface area contributed by atoms with Crippen LogP contribution in [0.25, 0.3) is 0 Å². The van der Waals surface area contributed by atoms with E-state index >= 15 is 0 Å². The molecule has 6 nitrogen and oxygen atoms in total. The first-order chi connectivity index (χ1) is 10.2. The summed E-state index contributed by atoms with van der Waals surface area (Å²) in [7, 11) is 1.59. The van der Waals surface area contributed by atoms with Crippen LogP contribution in [0.1, 0.15) is 39.3 Å². The molecular weight excluding hydrogens is 284 g/mol. The maximum absolute atomic E-state index is 11.8. The Bertz CT molecular complexity index is 523. The van der Waals surface area contributed by atoms with E-state index in [9.17, 15) is 9.59 Å². The average Bonchev–Trinajstić information content (AvgIpc) is 2.43. The van der Waals surface area contributed by atoms with E-state index in [4.69, 9.17) is 9.47 Å². The first-order valence-electron chi connectivity index (χ1n) is 7.11. The molecule has 0 radical (unpaired) electrons. The van der Waals surface area contributed by atoms with Gasteiger partial charge < -0.3 is 20.1 Å². The molecule has 0 heterocycles. The number of hydrogen-bond acceptors (Lipinski definition) is 4. The molecule has 1 aromatic rings. The second-order valence-corrected chi connectivity index (χ2v) is 5.92. The summed E-state index contributed by atoms with van der Waals surface area (Å²) in [5, 5.41) is 5.22. The molecule has 1 aromatic carbocycles. The summed E-state index contributed by atoms with van der Waals surface area (Å²) >= 11 is 0. The predicted octanol–water partition coefficient (Wildman–Crippen LogP) is 2.40. The maximum atomic E-state index is 11.8. The van der Waals surface area contributed by atoms with E-state index in [1.54, 1.807) is 27.9 Å². The Morgan fingerprint density at radius 1 is 1.27 bits per heavy atom. The Morgan fingerprint density at radius 3 is 2.55 bits per heavy atom. The van der Waals surface area contributed by atoms with Crippen molar-refractivity contribution in [3.8, 4) is 5.75 Å². The van der Waals surface area contributed by atoms with Gasteiger partial charge in [-0.2, -0.15) is 0 Å². The van der Waals surface area contributed by atoms with Gasteiger partial charge in [-0.3, -0.25) is 4.79 Å². The number of rotatable bonds is 5. The fraction of sp³-hybridized carbons (Fsp3) is 0.500. The van der Waals surface area contributed by atoms with Crippen molar-refractivity contribution < 1.29 is 19.1 Å². The molecule has 0 saturated carbocycles. The fourth-order valence-electron chi connectivity index (χ4n) is 1.75. The zero-order chi connectivity index (χ0) is 16.8. The summed E-state index contributed by atoms with van der Waals surface area (Å²) in [6, 6.07) is 7.25. The number of carbonyl (C=O) groups is 2. The molecule has 1 atom stereocenters. The summed E-state index contributed by atoms with van der Waals surface area (Å²) in [6.07, 6.45) is -0.614. The molecule has 1 unspecified atom stereocenters. The van der Waals surface area contributed by atoms with Crippen LogP contribution < -0.4 is 15.4 Å². The molecule has 6 heteroatoms. The van der Waals surface area contributed by atoms with Gasteiger partial charge in [-0.05, 0) is 45.4 Å². The third-order valence-electron chi connectivity index (χ3n) is 2.76. The van der Waals surface area contributed by atoms with Gasteiger partial charge in [0.1, 0.15) is 17.9 Å². The van der Waals surface area contributed by atoms with Crippen LogP contribution in [-0.2, 0) is 9.53 Å². The Hall–Kier alpha value is -2.24. The number of carbonyl (C=O) groups excluding carboxylic acids is 2. The zero-order valence-corrected chi connectivity index (χ0v) is 13.7. The van der Waals surface area contributed by atoms with Crippen LogP contribution in [0.5, 0.6) is 5.75 Å². The molecule has 0 aromatic heterocycles. The standard InChI is InChI=1S/C16H24N2O4/c1-11(12-7-6-8-13(9-12)21-5)18-14(19)10-17-15(20)22-16(2,3)4/h6-9,11H,10H2,1-5H3,(H,17,20)(H,18,19). The number of ether oxygens (including phenoxy) is 2. The van der Waals surface area contributed by atoms with Crippen molar-refractivity contribution in [3.05, 3.63) is 29.8 Å². The van der Waals surface area contributed by atoms with Gasteiger partial charge in [-0.1, -0.05) is 12.1 Å². The maximum Gasteiger partial charge on any atom is 0.408 e. The number of alkyl carbamates (subject to hydrolysis) is 1. The van der Waals surface area contributed by atoms with Gasteiger partial charge in [0.2, 0.25) is 5.91 Å². The number of hydrogen-bond donors (Lipinski definition) is 2. The molecule has 1 rings (SSSR count). The monoisotopic (exact) mass is 308 g/mol. The highest BCUT2D eigenvalue weighted by molar-refractivity contribution is 5.82. The van der Waals surface area contributed by atoms with Crippen molar-refractivity contribution in [3.63, 3.8) is 0 Å². The van der Waals surface area contributed by atoms with E-state index in [1.165, 1.54) is 0 Å². The van der Waals surface area contributed by atoms with Crippen LogP contribution >= 0.6 is 0 Å². The molecular formula is C16H24N2O4. The fourth-order valence-corrected chi connectivity index (χ4v) is 1.75. The Kier molecular flexibility index (Phi) is 6.22. The van der Waals surface area contributed by atoms with Crippen molar-refractivity contribution in [1.29, 1.82) is 0 Å². The molecule has 0 fully saturated rings. The summed E-state index contributed by atoms with van der Waals surface area (Å²) in [4.78, 5) is 23.3. The molecule has 0 aliphatic carbocycles. The van der Waals surface area contributed by atoms with E-state index < -0.39 is 11.7 Å². The molecule has 2 amide bonds. The Morgan fingerprint density at radius 2 is 1.95 bits per heavy atom. The van der Waals surface area contributed by atoms with Crippen molar-refractivity contribution in [2.24, 2.45) is 0 Å². The second-order valence-electron chi connectivity index (χ2n) is 5.92. The first kappa shape index (κ1) is 17.8. The molecule has 0 aliphatic rings. The van der Waals surface area contributed by atoms with E-state index in [-0.39, 0.29) is 18.5 Å². The lowest BCUT2D eigenvalue weighted by Gasteiger charge is -2.20. The lowest BCUT2D eigenvalue weighted by Crippen LogP contribution is -2.40. The highest BCUT2D eigenvalue weighted by Gasteiger charge is 2.17. The summed E-state index contributed by atoms with van der Waals surface area (Å²) in [6.45, 7) is 7.01. The van der Waals surface area contributed by atoms with Crippen LogP contribution in [0.15, 0.2) is 24.3 Å². The highest BCUT2D eigenvalue weighted by Crippen LogP contribution is 2.18. The van der Waals surface area contributed by atoms with Crippen molar-refractivity contribution in [2.75, 3.05) is 13.7 Å². The van der Waals surface area contributed by atoms with Crippen LogP contribution in [0.3, 0.4) is 0 Å². The van der Waals surface area contributed by atoms with Gasteiger partial charge in [0, 0.05) is 0 Å². The van der Waals surface area contributed by atoms with Gasteiger partial charge >= 0.3 is 6.09 Å². The van der Waals surface area contributed by atoms with Gasteiger partial charge in [-0.15, -0.1) is 0 Å². The number of amides is 2. The lowest BCUT2D eigenvalue weighted by atomic mass is 10.1. The molecule has 22 heavy (non-hydrogen) atoms. The number of benzene rings is 1. The van der Waals surface area contributed by atoms with Crippen molar-refractivity contribution >= 4 is 12.0 Å². The summed E-state index contributed by atoms with van der Waals surface area (Å²) in [5.74, 6) is 0.437. The topological polar surface area (TPSA) is 76.7 Å². The number of methoxy groups -OCH3 is 1. The second kappa shape index (κ2) is 7.68. The van der Waals surface area contributed by atoms with Crippen LogP contribution in [0.4, 0.5) is 4.79 Å². The smallest absolute Gasteiger partial charge is 0.408 e. The third kappa shape index (κ3) is 6.47. The highest BCUT2D eigenvalue weighted by atomic mass is 16.6. The van der Waals surface area contributed by atoms with E-state index in [1.807, 2.05) is 31.2 Å². The van der Waals surface area contributed by atoms with Crippen LogP contribution in [0, 0.1) is 0 Å². The summed E-state index contributed by atoms with van der Waals surface area (Å²) < 4.78 is 10.2. The molecule has 2 N–H and O–H groups in total. The van der Waals surface area contributed by atoms with Gasteiger partial charge in [-0.25, -0.2) is 4.79 Å². The van der Waals surface area contributed by atoms with E-state index in [0.717, 1.165) is 11.3 Å². The minimum Gasteiger partial charge on any atom is -0.497 e. The SMILES string of the molecule is COc1cccc(C(C)NC(=O)CNC(=O)OC(C)(C)C)c1. The quantitative estimate of drug-likeness (QED) is 0.875. The molecule has 0 saturated heterocycles. The molecule has 0 aliphatic heterocycles. The minimum absolute atomic E-state index is 0.136. The Labute approximate surface area is 131 Å². The molecule has 122 valence electrons. The lowest BCUT2D eigenvalue weighted by molar-refractivity contribution is -0.120. The molecule has 0 spiro atoms. The van der Waals surface area contributed by atoms with Crippen molar-refractivity contribution in [1.82, 2.24) is 10.6 Å². The Balaban J connectivity index is 2.45. The number of nitrogens with one attached hydrogen (secondary N) is 2. The largest absolute Gasteiger partial charge is 0.497 e. The van der Waals surface area contributed by atoms with Crippen molar-refractivity contribution in [2.45, 2.75) is 39.3 Å².